The molecule has 9 nitrogen and oxygen atoms in total. The molecule has 0 saturated carbocycles. The molecule has 11 heteroatoms. The number of carboxylic acid groups (broad SMARTS) is 1. The van der Waals surface area contributed by atoms with Crippen molar-refractivity contribution in [3.8, 4) is 0 Å². The van der Waals surface area contributed by atoms with Gasteiger partial charge in [-0.1, -0.05) is 18.3 Å². The molecule has 0 radical (unpaired) electrons. The molecule has 1 aromatic rings. The third-order valence-electron chi connectivity index (χ3n) is 3.15. The summed E-state index contributed by atoms with van der Waals surface area (Å²) in [6, 6.07) is 0. The molecule has 1 aromatic heterocycles. The van der Waals surface area contributed by atoms with Gasteiger partial charge in [0.25, 0.3) is 10.0 Å². The first-order valence-corrected chi connectivity index (χ1v) is 8.31. The number of hydrogen-bond donors (Lipinski definition) is 2. The molecule has 0 aromatic carbocycles. The quantitative estimate of drug-likeness (QED) is 0.732. The van der Waals surface area contributed by atoms with Gasteiger partial charge in [-0.3, -0.25) is 9.59 Å². The van der Waals surface area contributed by atoms with Gasteiger partial charge >= 0.3 is 5.97 Å². The summed E-state index contributed by atoms with van der Waals surface area (Å²) in [6.45, 7) is 2.99. The van der Waals surface area contributed by atoms with Crippen LogP contribution in [-0.4, -0.2) is 53.0 Å². The lowest BCUT2D eigenvalue weighted by molar-refractivity contribution is -0.142. The van der Waals surface area contributed by atoms with Gasteiger partial charge in [0.05, 0.1) is 5.92 Å². The molecule has 21 heavy (non-hydrogen) atoms. The van der Waals surface area contributed by atoms with Crippen molar-refractivity contribution in [1.82, 2.24) is 14.5 Å². The van der Waals surface area contributed by atoms with E-state index in [9.17, 15) is 18.0 Å². The molecule has 1 amide bonds. The predicted octanol–water partition coefficient (Wildman–Crippen LogP) is -0.162. The summed E-state index contributed by atoms with van der Waals surface area (Å²) >= 11 is 0.735. The van der Waals surface area contributed by atoms with E-state index in [0.29, 0.717) is 0 Å². The summed E-state index contributed by atoms with van der Waals surface area (Å²) in [4.78, 5) is 21.9. The number of carboxylic acids is 1. The van der Waals surface area contributed by atoms with Crippen LogP contribution in [0, 0.1) is 11.8 Å². The average Bonchev–Trinajstić information content (AvgIpc) is 2.95. The molecular weight excluding hydrogens is 320 g/mol. The Balaban J connectivity index is 2.21. The Kier molecular flexibility index (Phi) is 4.25. The summed E-state index contributed by atoms with van der Waals surface area (Å²) in [6.07, 6.45) is 0. The summed E-state index contributed by atoms with van der Waals surface area (Å²) in [5, 5.41) is 18.6. The van der Waals surface area contributed by atoms with Crippen molar-refractivity contribution < 1.29 is 23.1 Å². The zero-order chi connectivity index (χ0) is 15.8. The number of nitrogens with one attached hydrogen (secondary N) is 1. The number of hydrogen-bond acceptors (Lipinski definition) is 7. The molecule has 1 aliphatic heterocycles. The molecule has 0 spiro atoms. The molecule has 2 unspecified atom stereocenters. The lowest BCUT2D eigenvalue weighted by atomic mass is 9.99. The van der Waals surface area contributed by atoms with Crippen LogP contribution in [0.4, 0.5) is 5.13 Å². The highest BCUT2D eigenvalue weighted by Gasteiger charge is 2.42. The summed E-state index contributed by atoms with van der Waals surface area (Å²) in [7, 11) is -3.89. The van der Waals surface area contributed by atoms with Gasteiger partial charge in [0.15, 0.2) is 0 Å². The van der Waals surface area contributed by atoms with Crippen LogP contribution >= 0.6 is 11.3 Å². The van der Waals surface area contributed by atoms with Crippen molar-refractivity contribution in [3.63, 3.8) is 0 Å². The Bertz CT molecular complexity index is 671. The maximum Gasteiger partial charge on any atom is 0.308 e. The van der Waals surface area contributed by atoms with Crippen molar-refractivity contribution in [2.75, 3.05) is 18.4 Å². The Hall–Kier alpha value is -1.59. The fourth-order valence-corrected chi connectivity index (χ4v) is 4.72. The highest BCUT2D eigenvalue weighted by Crippen LogP contribution is 2.30. The first-order valence-electron chi connectivity index (χ1n) is 6.06. The number of carbonyl (C=O) groups is 2. The number of anilines is 1. The van der Waals surface area contributed by atoms with Crippen molar-refractivity contribution in [1.29, 1.82) is 0 Å². The summed E-state index contributed by atoms with van der Waals surface area (Å²) in [5.41, 5.74) is 0. The monoisotopic (exact) mass is 334 g/mol. The van der Waals surface area contributed by atoms with E-state index in [1.165, 1.54) is 6.92 Å². The molecule has 2 N–H and O–H groups in total. The number of aromatic nitrogens is 2. The predicted molar refractivity (Wildman–Crippen MR) is 73.3 cm³/mol. The zero-order valence-corrected chi connectivity index (χ0v) is 12.9. The molecule has 1 aliphatic rings. The van der Waals surface area contributed by atoms with E-state index in [1.54, 1.807) is 6.92 Å². The van der Waals surface area contributed by atoms with Crippen LogP contribution in [0.5, 0.6) is 0 Å². The van der Waals surface area contributed by atoms with Crippen LogP contribution in [0.2, 0.25) is 0 Å². The molecule has 116 valence electrons. The second kappa shape index (κ2) is 5.66. The highest BCUT2D eigenvalue weighted by atomic mass is 32.2. The van der Waals surface area contributed by atoms with Crippen LogP contribution in [0.3, 0.4) is 0 Å². The Morgan fingerprint density at radius 2 is 2.05 bits per heavy atom. The van der Waals surface area contributed by atoms with Crippen molar-refractivity contribution >= 4 is 38.4 Å². The Labute approximate surface area is 125 Å². The van der Waals surface area contributed by atoms with E-state index >= 15 is 0 Å². The van der Waals surface area contributed by atoms with Gasteiger partial charge in [0.1, 0.15) is 0 Å². The largest absolute Gasteiger partial charge is 0.481 e. The van der Waals surface area contributed by atoms with Gasteiger partial charge in [-0.15, -0.1) is 10.2 Å². The van der Waals surface area contributed by atoms with Crippen molar-refractivity contribution in [3.05, 3.63) is 0 Å². The fraction of sp³-hybridized carbons (Fsp3) is 0.600. The van der Waals surface area contributed by atoms with E-state index in [2.05, 4.69) is 15.5 Å². The van der Waals surface area contributed by atoms with Gasteiger partial charge < -0.3 is 10.4 Å². The van der Waals surface area contributed by atoms with E-state index in [4.69, 9.17) is 5.11 Å². The molecule has 2 heterocycles. The number of amides is 1. The molecular formula is C10H14N4O5S2. The van der Waals surface area contributed by atoms with Crippen LogP contribution in [0.25, 0.3) is 0 Å². The maximum atomic E-state index is 12.4. The van der Waals surface area contributed by atoms with E-state index < -0.39 is 21.9 Å². The van der Waals surface area contributed by atoms with Crippen molar-refractivity contribution in [2.45, 2.75) is 18.2 Å². The summed E-state index contributed by atoms with van der Waals surface area (Å²) < 4.78 is 25.6. The van der Waals surface area contributed by atoms with E-state index in [1.807, 2.05) is 0 Å². The van der Waals surface area contributed by atoms with Gasteiger partial charge in [-0.25, -0.2) is 8.42 Å². The van der Waals surface area contributed by atoms with Gasteiger partial charge in [0.2, 0.25) is 15.4 Å². The maximum absolute atomic E-state index is 12.4. The first-order chi connectivity index (χ1) is 9.71. The standard InChI is InChI=1S/C10H14N4O5S2/c1-5-3-14(4-7(5)8(16)17)21(18,19)10-13-12-9(20-10)11-6(2)15/h5,7H,3-4H2,1-2H3,(H,16,17)(H,11,12,15). The van der Waals surface area contributed by atoms with E-state index in [0.717, 1.165) is 15.6 Å². The van der Waals surface area contributed by atoms with Crippen molar-refractivity contribution in [2.24, 2.45) is 11.8 Å². The normalized spacial score (nSPS) is 23.1. The number of rotatable bonds is 4. The van der Waals surface area contributed by atoms with Crippen LogP contribution in [0.15, 0.2) is 4.34 Å². The average molecular weight is 334 g/mol. The highest BCUT2D eigenvalue weighted by molar-refractivity contribution is 7.91. The lowest BCUT2D eigenvalue weighted by Crippen LogP contribution is -2.30. The van der Waals surface area contributed by atoms with Gasteiger partial charge in [-0.05, 0) is 5.92 Å². The Morgan fingerprint density at radius 1 is 1.38 bits per heavy atom. The minimum atomic E-state index is -3.89. The topological polar surface area (TPSA) is 130 Å². The fourth-order valence-electron chi connectivity index (χ4n) is 2.07. The second-order valence-corrected chi connectivity index (χ2v) is 7.89. The van der Waals surface area contributed by atoms with E-state index in [-0.39, 0.29) is 34.4 Å². The molecule has 0 bridgehead atoms. The smallest absolute Gasteiger partial charge is 0.308 e. The zero-order valence-electron chi connectivity index (χ0n) is 11.3. The number of aliphatic carboxylic acids is 1. The third kappa shape index (κ3) is 3.19. The SMILES string of the molecule is CC(=O)Nc1nnc(S(=O)(=O)N2CC(C)C(C(=O)O)C2)s1. The lowest BCUT2D eigenvalue weighted by Gasteiger charge is -2.12. The third-order valence-corrected chi connectivity index (χ3v) is 6.16. The molecule has 0 aliphatic carbocycles. The van der Waals surface area contributed by atoms with Crippen LogP contribution < -0.4 is 5.32 Å². The molecule has 1 saturated heterocycles. The van der Waals surface area contributed by atoms with Crippen LogP contribution in [-0.2, 0) is 19.6 Å². The summed E-state index contributed by atoms with van der Waals surface area (Å²) in [5.74, 6) is -2.41. The van der Waals surface area contributed by atoms with Gasteiger partial charge in [-0.2, -0.15) is 4.31 Å². The Morgan fingerprint density at radius 3 is 2.57 bits per heavy atom. The number of carbonyl (C=O) groups excluding carboxylic acids is 1. The molecule has 2 atom stereocenters. The molecule has 2 rings (SSSR count). The number of nitrogens with zero attached hydrogens (tertiary/aromatic N) is 3. The second-order valence-electron chi connectivity index (χ2n) is 4.80. The van der Waals surface area contributed by atoms with Gasteiger partial charge in [0, 0.05) is 20.0 Å². The minimum absolute atomic E-state index is 0.0862. The minimum Gasteiger partial charge on any atom is -0.481 e. The van der Waals surface area contributed by atoms with Crippen LogP contribution in [0.1, 0.15) is 13.8 Å². The first kappa shape index (κ1) is 15.8. The molecule has 1 fully saturated rings. The number of sulfonamides is 1.